The summed E-state index contributed by atoms with van der Waals surface area (Å²) in [5.74, 6) is -0.292. The number of aryl methyl sites for hydroxylation is 3. The van der Waals surface area contributed by atoms with Gasteiger partial charge in [0.2, 0.25) is 0 Å². The largest absolute Gasteiger partial charge is 0.440 e. The van der Waals surface area contributed by atoms with Crippen molar-refractivity contribution in [2.45, 2.75) is 53.7 Å². The summed E-state index contributed by atoms with van der Waals surface area (Å²) < 4.78 is 8.85. The molecule has 35 heavy (non-hydrogen) atoms. The van der Waals surface area contributed by atoms with Crippen molar-refractivity contribution in [3.63, 3.8) is 0 Å². The van der Waals surface area contributed by atoms with E-state index < -0.39 is 5.60 Å². The van der Waals surface area contributed by atoms with Gasteiger partial charge in [0.05, 0.1) is 5.56 Å². The summed E-state index contributed by atoms with van der Waals surface area (Å²) >= 11 is 0. The van der Waals surface area contributed by atoms with Crippen molar-refractivity contribution >= 4 is 22.6 Å². The minimum absolute atomic E-state index is 0.292. The molecule has 0 saturated heterocycles. The Morgan fingerprint density at radius 1 is 0.943 bits per heavy atom. The van der Waals surface area contributed by atoms with Crippen molar-refractivity contribution < 1.29 is 9.53 Å². The first-order valence-electron chi connectivity index (χ1n) is 12.5. The van der Waals surface area contributed by atoms with Crippen molar-refractivity contribution in [2.24, 2.45) is 0 Å². The van der Waals surface area contributed by atoms with Gasteiger partial charge in [-0.05, 0) is 70.9 Å². The Balaban J connectivity index is 1.90. The van der Waals surface area contributed by atoms with Gasteiger partial charge >= 0.3 is 5.97 Å². The van der Waals surface area contributed by atoms with Crippen LogP contribution >= 0.6 is 0 Å². The molecule has 0 saturated carbocycles. The van der Waals surface area contributed by atoms with Crippen LogP contribution in [0.3, 0.4) is 0 Å². The number of esters is 1. The molecule has 2 aromatic carbocycles. The Morgan fingerprint density at radius 2 is 1.69 bits per heavy atom. The molecular formula is C30H33N3O2. The molecule has 0 amide bonds. The number of para-hydroxylation sites is 1. The maximum atomic E-state index is 13.5. The van der Waals surface area contributed by atoms with Crippen LogP contribution in [-0.4, -0.2) is 28.6 Å². The molecule has 2 aromatic heterocycles. The van der Waals surface area contributed by atoms with Gasteiger partial charge in [-0.25, -0.2) is 4.79 Å². The molecule has 0 bridgehead atoms. The SMILES string of the molecule is CCN(CC)c1ccc(C2(c3c(C)n(CC)c4ccccc34)OC(=O)c3c(C)cncc32)c(C)c1. The number of benzene rings is 2. The smallest absolute Gasteiger partial charge is 0.340 e. The summed E-state index contributed by atoms with van der Waals surface area (Å²) in [5.41, 5.74) is 7.72. The van der Waals surface area contributed by atoms with Crippen LogP contribution in [0.1, 0.15) is 64.6 Å². The fourth-order valence-electron chi connectivity index (χ4n) is 5.98. The van der Waals surface area contributed by atoms with Crippen LogP contribution in [0.2, 0.25) is 0 Å². The zero-order chi connectivity index (χ0) is 24.9. The van der Waals surface area contributed by atoms with Crippen LogP contribution in [0.25, 0.3) is 10.9 Å². The number of anilines is 1. The quantitative estimate of drug-likeness (QED) is 0.313. The van der Waals surface area contributed by atoms with Gasteiger partial charge in [0.15, 0.2) is 5.60 Å². The maximum absolute atomic E-state index is 13.5. The number of cyclic esters (lactones) is 1. The first-order valence-corrected chi connectivity index (χ1v) is 12.5. The Bertz CT molecular complexity index is 1450. The van der Waals surface area contributed by atoms with Crippen molar-refractivity contribution in [2.75, 3.05) is 18.0 Å². The average Bonchev–Trinajstić information content (AvgIpc) is 3.31. The third-order valence-electron chi connectivity index (χ3n) is 7.58. The second-order valence-electron chi connectivity index (χ2n) is 9.34. The minimum atomic E-state index is -1.07. The van der Waals surface area contributed by atoms with Gasteiger partial charge in [0.25, 0.3) is 0 Å². The molecule has 5 heteroatoms. The molecular weight excluding hydrogens is 434 g/mol. The number of ether oxygens (including phenoxy) is 1. The fraction of sp³-hybridized carbons (Fsp3) is 0.333. The zero-order valence-electron chi connectivity index (χ0n) is 21.5. The van der Waals surface area contributed by atoms with E-state index in [0.29, 0.717) is 5.56 Å². The highest BCUT2D eigenvalue weighted by Gasteiger charge is 2.52. The normalized spacial score (nSPS) is 17.0. The molecule has 5 nitrogen and oxygen atoms in total. The third kappa shape index (κ3) is 3.21. The highest BCUT2D eigenvalue weighted by molar-refractivity contribution is 5.99. The Kier molecular flexibility index (Phi) is 5.66. The number of aromatic nitrogens is 2. The predicted molar refractivity (Wildman–Crippen MR) is 141 cm³/mol. The maximum Gasteiger partial charge on any atom is 0.340 e. The standard InChI is InChI=1S/C30H33N3O2/c1-7-32(8-2)22-14-15-24(19(4)16-22)30(25-18-31-17-20(5)27(25)29(34)35-30)28-21(6)33(9-3)26-13-11-10-12-23(26)28/h10-18H,7-9H2,1-6H3. The lowest BCUT2D eigenvalue weighted by atomic mass is 9.77. The van der Waals surface area contributed by atoms with Crippen LogP contribution < -0.4 is 4.90 Å². The van der Waals surface area contributed by atoms with E-state index in [0.717, 1.165) is 64.0 Å². The number of nitrogens with zero attached hydrogens (tertiary/aromatic N) is 3. The predicted octanol–water partition coefficient (Wildman–Crippen LogP) is 6.29. The molecule has 5 rings (SSSR count). The van der Waals surface area contributed by atoms with E-state index in [4.69, 9.17) is 4.74 Å². The molecule has 4 aromatic rings. The Morgan fingerprint density at radius 3 is 2.37 bits per heavy atom. The highest BCUT2D eigenvalue weighted by atomic mass is 16.6. The van der Waals surface area contributed by atoms with E-state index in [1.807, 2.05) is 13.1 Å². The summed E-state index contributed by atoms with van der Waals surface area (Å²) in [4.78, 5) is 20.3. The van der Waals surface area contributed by atoms with Crippen molar-refractivity contribution in [1.29, 1.82) is 0 Å². The van der Waals surface area contributed by atoms with Crippen molar-refractivity contribution in [3.8, 4) is 0 Å². The monoisotopic (exact) mass is 467 g/mol. The van der Waals surface area contributed by atoms with Gasteiger partial charge in [-0.2, -0.15) is 0 Å². The third-order valence-corrected chi connectivity index (χ3v) is 7.58. The molecule has 1 aliphatic heterocycles. The van der Waals surface area contributed by atoms with E-state index in [2.05, 4.69) is 91.5 Å². The number of fused-ring (bicyclic) bond motifs is 2. The van der Waals surface area contributed by atoms with Gasteiger partial charge in [-0.1, -0.05) is 24.3 Å². The fourth-order valence-corrected chi connectivity index (χ4v) is 5.98. The summed E-state index contributed by atoms with van der Waals surface area (Å²) in [7, 11) is 0. The van der Waals surface area contributed by atoms with Crippen LogP contribution in [-0.2, 0) is 16.9 Å². The molecule has 1 atom stereocenters. The van der Waals surface area contributed by atoms with E-state index >= 15 is 0 Å². The van der Waals surface area contributed by atoms with E-state index in [1.165, 1.54) is 5.69 Å². The molecule has 180 valence electrons. The van der Waals surface area contributed by atoms with Gasteiger partial charge in [0.1, 0.15) is 0 Å². The summed E-state index contributed by atoms with van der Waals surface area (Å²) in [6, 6.07) is 14.9. The lowest BCUT2D eigenvalue weighted by Crippen LogP contribution is -2.32. The second kappa shape index (κ2) is 8.56. The molecule has 1 aliphatic rings. The zero-order valence-corrected chi connectivity index (χ0v) is 21.5. The minimum Gasteiger partial charge on any atom is -0.440 e. The number of pyridine rings is 1. The lowest BCUT2D eigenvalue weighted by molar-refractivity contribution is 0.0251. The van der Waals surface area contributed by atoms with Crippen molar-refractivity contribution in [3.05, 3.63) is 93.9 Å². The Hall–Kier alpha value is -3.60. The van der Waals surface area contributed by atoms with Gasteiger partial charge in [-0.3, -0.25) is 4.98 Å². The number of hydrogen-bond donors (Lipinski definition) is 0. The molecule has 0 radical (unpaired) electrons. The number of rotatable bonds is 6. The first kappa shape index (κ1) is 23.2. The summed E-state index contributed by atoms with van der Waals surface area (Å²) in [6.45, 7) is 15.4. The van der Waals surface area contributed by atoms with Crippen LogP contribution in [0.5, 0.6) is 0 Å². The van der Waals surface area contributed by atoms with Crippen molar-refractivity contribution in [1.82, 2.24) is 9.55 Å². The number of carbonyl (C=O) groups excluding carboxylic acids is 1. The topological polar surface area (TPSA) is 47.4 Å². The molecule has 0 N–H and O–H groups in total. The van der Waals surface area contributed by atoms with E-state index in [1.54, 1.807) is 6.20 Å². The van der Waals surface area contributed by atoms with Crippen LogP contribution in [0.4, 0.5) is 5.69 Å². The summed E-state index contributed by atoms with van der Waals surface area (Å²) in [5, 5.41) is 1.10. The number of hydrogen-bond acceptors (Lipinski definition) is 4. The number of carbonyl (C=O) groups is 1. The van der Waals surface area contributed by atoms with Crippen LogP contribution in [0, 0.1) is 20.8 Å². The molecule has 1 unspecified atom stereocenters. The van der Waals surface area contributed by atoms with Gasteiger partial charge in [-0.15, -0.1) is 0 Å². The molecule has 3 heterocycles. The average molecular weight is 468 g/mol. The van der Waals surface area contributed by atoms with Gasteiger partial charge < -0.3 is 14.2 Å². The van der Waals surface area contributed by atoms with Gasteiger partial charge in [0, 0.05) is 71.0 Å². The molecule has 0 fully saturated rings. The molecule has 0 spiro atoms. The van der Waals surface area contributed by atoms with E-state index in [-0.39, 0.29) is 5.97 Å². The molecule has 0 aliphatic carbocycles. The lowest BCUT2D eigenvalue weighted by Gasteiger charge is -2.33. The summed E-state index contributed by atoms with van der Waals surface area (Å²) in [6.07, 6.45) is 3.57. The van der Waals surface area contributed by atoms with E-state index in [9.17, 15) is 4.79 Å². The second-order valence-corrected chi connectivity index (χ2v) is 9.34. The first-order chi connectivity index (χ1) is 16.9. The highest BCUT2D eigenvalue weighted by Crippen LogP contribution is 2.52. The Labute approximate surface area is 207 Å². The van der Waals surface area contributed by atoms with Crippen LogP contribution in [0.15, 0.2) is 54.9 Å².